The Hall–Kier alpha value is -1.06. The molecule has 0 atom stereocenters. The summed E-state index contributed by atoms with van der Waals surface area (Å²) in [4.78, 5) is 0. The number of aromatic nitrogens is 3. The summed E-state index contributed by atoms with van der Waals surface area (Å²) in [5, 5.41) is 8.51. The smallest absolute Gasteiger partial charge is 0.147 e. The van der Waals surface area contributed by atoms with Crippen molar-refractivity contribution in [2.24, 2.45) is 0 Å². The third kappa shape index (κ3) is 2.74. The number of halogens is 2. The molecule has 0 amide bonds. The van der Waals surface area contributed by atoms with Gasteiger partial charge < -0.3 is 4.57 Å². The minimum atomic E-state index is 0.390. The lowest BCUT2D eigenvalue weighted by atomic mass is 10.1. The van der Waals surface area contributed by atoms with Crippen LogP contribution in [0.15, 0.2) is 30.6 Å². The van der Waals surface area contributed by atoms with Crippen LogP contribution in [0.4, 0.5) is 0 Å². The Bertz CT molecular complexity index is 451. The summed E-state index contributed by atoms with van der Waals surface area (Å²) in [6.07, 6.45) is 2.62. The Morgan fingerprint density at radius 2 is 1.94 bits per heavy atom. The molecule has 2 aromatic rings. The van der Waals surface area contributed by atoms with Crippen LogP contribution in [0.1, 0.15) is 11.4 Å². The Kier molecular flexibility index (Phi) is 3.80. The van der Waals surface area contributed by atoms with E-state index in [4.69, 9.17) is 23.2 Å². The number of hydrogen-bond acceptors (Lipinski definition) is 2. The number of aryl methyl sites for hydroxylation is 2. The molecule has 0 radical (unpaired) electrons. The predicted molar refractivity (Wildman–Crippen MR) is 64.7 cm³/mol. The van der Waals surface area contributed by atoms with E-state index in [0.29, 0.717) is 5.88 Å². The van der Waals surface area contributed by atoms with Gasteiger partial charge in [-0.25, -0.2) is 0 Å². The normalized spacial score (nSPS) is 10.6. The fraction of sp³-hybridized carbons (Fsp3) is 0.273. The van der Waals surface area contributed by atoms with E-state index in [0.717, 1.165) is 23.8 Å². The van der Waals surface area contributed by atoms with Crippen molar-refractivity contribution < 1.29 is 0 Å². The van der Waals surface area contributed by atoms with Crippen LogP contribution in [-0.2, 0) is 18.8 Å². The summed E-state index contributed by atoms with van der Waals surface area (Å²) in [5.41, 5.74) is 1.23. The first-order valence-electron chi connectivity index (χ1n) is 4.96. The van der Waals surface area contributed by atoms with Gasteiger partial charge in [0.1, 0.15) is 12.2 Å². The maximum absolute atomic E-state index is 5.82. The van der Waals surface area contributed by atoms with Crippen LogP contribution in [0.5, 0.6) is 0 Å². The molecule has 0 N–H and O–H groups in total. The second-order valence-corrected chi connectivity index (χ2v) is 4.15. The van der Waals surface area contributed by atoms with Crippen LogP contribution in [0.25, 0.3) is 0 Å². The lowest BCUT2D eigenvalue weighted by Gasteiger charge is -2.04. The number of alkyl halides is 1. The highest BCUT2D eigenvalue weighted by Crippen LogP contribution is 2.11. The summed E-state index contributed by atoms with van der Waals surface area (Å²) in [6, 6.07) is 7.83. The van der Waals surface area contributed by atoms with Crippen molar-refractivity contribution in [2.75, 3.05) is 0 Å². The standard InChI is InChI=1S/C11H11Cl2N3/c12-7-11-15-14-8-16(11)6-5-9-1-3-10(13)4-2-9/h1-4,8H,5-7H2. The number of hydrogen-bond donors (Lipinski definition) is 0. The lowest BCUT2D eigenvalue weighted by Crippen LogP contribution is -2.03. The molecule has 0 spiro atoms. The molecule has 0 fully saturated rings. The van der Waals surface area contributed by atoms with Crippen molar-refractivity contribution in [1.82, 2.24) is 14.8 Å². The second-order valence-electron chi connectivity index (χ2n) is 3.45. The molecule has 0 aliphatic heterocycles. The molecule has 5 heteroatoms. The van der Waals surface area contributed by atoms with Crippen molar-refractivity contribution in [2.45, 2.75) is 18.8 Å². The Morgan fingerprint density at radius 3 is 2.62 bits per heavy atom. The Morgan fingerprint density at radius 1 is 1.19 bits per heavy atom. The van der Waals surface area contributed by atoms with Gasteiger partial charge in [-0.15, -0.1) is 21.8 Å². The van der Waals surface area contributed by atoms with Crippen LogP contribution in [-0.4, -0.2) is 14.8 Å². The molecule has 3 nitrogen and oxygen atoms in total. The highest BCUT2D eigenvalue weighted by molar-refractivity contribution is 6.30. The number of rotatable bonds is 4. The van der Waals surface area contributed by atoms with Gasteiger partial charge in [0.05, 0.1) is 5.88 Å². The largest absolute Gasteiger partial charge is 0.316 e. The fourth-order valence-corrected chi connectivity index (χ4v) is 1.80. The molecular weight excluding hydrogens is 245 g/mol. The molecule has 0 bridgehead atoms. The topological polar surface area (TPSA) is 30.7 Å². The quantitative estimate of drug-likeness (QED) is 0.787. The van der Waals surface area contributed by atoms with E-state index in [1.807, 2.05) is 28.8 Å². The van der Waals surface area contributed by atoms with Gasteiger partial charge >= 0.3 is 0 Å². The zero-order chi connectivity index (χ0) is 11.4. The van der Waals surface area contributed by atoms with E-state index in [1.54, 1.807) is 6.33 Å². The van der Waals surface area contributed by atoms with Crippen molar-refractivity contribution in [3.05, 3.63) is 47.0 Å². The highest BCUT2D eigenvalue weighted by atomic mass is 35.5. The molecule has 0 unspecified atom stereocenters. The fourth-order valence-electron chi connectivity index (χ4n) is 1.47. The molecule has 84 valence electrons. The third-order valence-electron chi connectivity index (χ3n) is 2.37. The van der Waals surface area contributed by atoms with Crippen LogP contribution in [0.2, 0.25) is 5.02 Å². The molecule has 1 aromatic carbocycles. The molecular formula is C11H11Cl2N3. The van der Waals surface area contributed by atoms with E-state index in [-0.39, 0.29) is 0 Å². The predicted octanol–water partition coefficient (Wildman–Crippen LogP) is 2.91. The van der Waals surface area contributed by atoms with Crippen LogP contribution in [0, 0.1) is 0 Å². The summed E-state index contributed by atoms with van der Waals surface area (Å²) < 4.78 is 1.96. The zero-order valence-corrected chi connectivity index (χ0v) is 10.1. The molecule has 1 heterocycles. The van der Waals surface area contributed by atoms with Gasteiger partial charge in [0.15, 0.2) is 0 Å². The van der Waals surface area contributed by atoms with Crippen molar-refractivity contribution in [1.29, 1.82) is 0 Å². The average Bonchev–Trinajstić information content (AvgIpc) is 2.76. The first-order chi connectivity index (χ1) is 7.79. The zero-order valence-electron chi connectivity index (χ0n) is 8.61. The molecule has 1 aromatic heterocycles. The molecule has 0 aliphatic rings. The summed E-state index contributed by atoms with van der Waals surface area (Å²) >= 11 is 11.6. The van der Waals surface area contributed by atoms with Gasteiger partial charge in [-0.1, -0.05) is 23.7 Å². The van der Waals surface area contributed by atoms with Crippen LogP contribution < -0.4 is 0 Å². The van der Waals surface area contributed by atoms with Crippen molar-refractivity contribution in [3.63, 3.8) is 0 Å². The highest BCUT2D eigenvalue weighted by Gasteiger charge is 2.02. The van der Waals surface area contributed by atoms with E-state index < -0.39 is 0 Å². The molecule has 0 saturated carbocycles. The van der Waals surface area contributed by atoms with Gasteiger partial charge in [0, 0.05) is 11.6 Å². The monoisotopic (exact) mass is 255 g/mol. The molecule has 0 saturated heterocycles. The minimum Gasteiger partial charge on any atom is -0.316 e. The number of benzene rings is 1. The molecule has 2 rings (SSSR count). The summed E-state index contributed by atoms with van der Waals surface area (Å²) in [7, 11) is 0. The van der Waals surface area contributed by atoms with E-state index in [9.17, 15) is 0 Å². The molecule has 16 heavy (non-hydrogen) atoms. The Labute approximate surface area is 104 Å². The van der Waals surface area contributed by atoms with Crippen molar-refractivity contribution in [3.8, 4) is 0 Å². The van der Waals surface area contributed by atoms with E-state index in [1.165, 1.54) is 5.56 Å². The van der Waals surface area contributed by atoms with Crippen molar-refractivity contribution >= 4 is 23.2 Å². The molecule has 0 aliphatic carbocycles. The van der Waals surface area contributed by atoms with Crippen LogP contribution in [0.3, 0.4) is 0 Å². The van der Waals surface area contributed by atoms with Gasteiger partial charge in [-0.3, -0.25) is 0 Å². The maximum Gasteiger partial charge on any atom is 0.147 e. The summed E-state index contributed by atoms with van der Waals surface area (Å²) in [6.45, 7) is 0.830. The minimum absolute atomic E-state index is 0.390. The number of nitrogens with zero attached hydrogens (tertiary/aromatic N) is 3. The maximum atomic E-state index is 5.82. The van der Waals surface area contributed by atoms with Gasteiger partial charge in [0.25, 0.3) is 0 Å². The van der Waals surface area contributed by atoms with E-state index >= 15 is 0 Å². The summed E-state index contributed by atoms with van der Waals surface area (Å²) in [5.74, 6) is 1.19. The van der Waals surface area contributed by atoms with Crippen LogP contribution >= 0.6 is 23.2 Å². The van der Waals surface area contributed by atoms with E-state index in [2.05, 4.69) is 10.2 Å². The third-order valence-corrected chi connectivity index (χ3v) is 2.86. The van der Waals surface area contributed by atoms with Gasteiger partial charge in [-0.05, 0) is 24.1 Å². The lowest BCUT2D eigenvalue weighted by molar-refractivity contribution is 0.668. The second kappa shape index (κ2) is 5.32. The first kappa shape index (κ1) is 11.4. The van der Waals surface area contributed by atoms with Gasteiger partial charge in [0.2, 0.25) is 0 Å². The first-order valence-corrected chi connectivity index (χ1v) is 5.88. The average molecular weight is 256 g/mol. The van der Waals surface area contributed by atoms with Gasteiger partial charge in [-0.2, -0.15) is 0 Å². The SMILES string of the molecule is ClCc1nncn1CCc1ccc(Cl)cc1. The Balaban J connectivity index is 1.99.